The van der Waals surface area contributed by atoms with Crippen LogP contribution in [0.15, 0.2) is 42.5 Å². The molecule has 0 saturated heterocycles. The van der Waals surface area contributed by atoms with E-state index in [2.05, 4.69) is 11.4 Å². The van der Waals surface area contributed by atoms with Crippen LogP contribution in [0.4, 0.5) is 16.4 Å². The van der Waals surface area contributed by atoms with Crippen LogP contribution in [-0.2, 0) is 4.74 Å². The zero-order valence-corrected chi connectivity index (χ0v) is 13.9. The van der Waals surface area contributed by atoms with Gasteiger partial charge in [-0.05, 0) is 37.6 Å². The zero-order chi connectivity index (χ0) is 16.4. The lowest BCUT2D eigenvalue weighted by molar-refractivity contribution is 0.0530. The van der Waals surface area contributed by atoms with Crippen molar-refractivity contribution >= 4 is 43.8 Å². The number of nitrogens with one attached hydrogen (secondary N) is 1. The van der Waals surface area contributed by atoms with Gasteiger partial charge in [-0.1, -0.05) is 24.3 Å². The van der Waals surface area contributed by atoms with E-state index in [0.29, 0.717) is 17.9 Å². The molecule has 118 valence electrons. The number of carbonyl (C=O) groups excluding carboxylic acids is 1. The number of esters is 1. The van der Waals surface area contributed by atoms with Gasteiger partial charge < -0.3 is 15.8 Å². The first-order chi connectivity index (χ1) is 11.1. The molecule has 3 aromatic rings. The highest BCUT2D eigenvalue weighted by Crippen LogP contribution is 2.39. The minimum Gasteiger partial charge on any atom is -0.462 e. The lowest BCUT2D eigenvalue weighted by Crippen LogP contribution is -2.06. The Morgan fingerprint density at radius 2 is 2.04 bits per heavy atom. The zero-order valence-electron chi connectivity index (χ0n) is 13.1. The smallest absolute Gasteiger partial charge is 0.341 e. The molecule has 0 radical (unpaired) electrons. The lowest BCUT2D eigenvalue weighted by Gasteiger charge is -2.09. The highest BCUT2D eigenvalue weighted by Gasteiger charge is 2.20. The van der Waals surface area contributed by atoms with Gasteiger partial charge in [0.25, 0.3) is 0 Å². The fourth-order valence-electron chi connectivity index (χ4n) is 2.43. The Morgan fingerprint density at radius 3 is 2.78 bits per heavy atom. The molecule has 0 spiro atoms. The normalized spacial score (nSPS) is 10.7. The second kappa shape index (κ2) is 6.30. The summed E-state index contributed by atoms with van der Waals surface area (Å²) >= 11 is 1.53. The van der Waals surface area contributed by atoms with Crippen LogP contribution in [-0.4, -0.2) is 12.6 Å². The van der Waals surface area contributed by atoms with Gasteiger partial charge in [-0.2, -0.15) is 0 Å². The molecule has 1 heterocycles. The van der Waals surface area contributed by atoms with E-state index in [1.54, 1.807) is 6.92 Å². The van der Waals surface area contributed by atoms with Crippen molar-refractivity contribution in [3.05, 3.63) is 53.6 Å². The summed E-state index contributed by atoms with van der Waals surface area (Å²) in [4.78, 5) is 12.4. The van der Waals surface area contributed by atoms with Crippen LogP contribution in [0.2, 0.25) is 0 Å². The van der Waals surface area contributed by atoms with E-state index in [9.17, 15) is 4.79 Å². The molecule has 23 heavy (non-hydrogen) atoms. The number of hydrogen-bond acceptors (Lipinski definition) is 5. The van der Waals surface area contributed by atoms with E-state index < -0.39 is 0 Å². The number of benzene rings is 2. The van der Waals surface area contributed by atoms with E-state index in [1.165, 1.54) is 11.3 Å². The summed E-state index contributed by atoms with van der Waals surface area (Å²) < 4.78 is 6.28. The third-order valence-electron chi connectivity index (χ3n) is 3.53. The van der Waals surface area contributed by atoms with Gasteiger partial charge in [-0.3, -0.25) is 0 Å². The molecular weight excluding hydrogens is 308 g/mol. The predicted octanol–water partition coefficient (Wildman–Crippen LogP) is 4.71. The fraction of sp³-hybridized carbons (Fsp3) is 0.167. The first-order valence-corrected chi connectivity index (χ1v) is 8.23. The van der Waals surface area contributed by atoms with Gasteiger partial charge in [0.15, 0.2) is 0 Å². The van der Waals surface area contributed by atoms with Gasteiger partial charge in [0.05, 0.1) is 18.0 Å². The average molecular weight is 326 g/mol. The summed E-state index contributed by atoms with van der Waals surface area (Å²) in [5.74, 6) is -0.320. The van der Waals surface area contributed by atoms with Gasteiger partial charge in [0.2, 0.25) is 0 Å². The Kier molecular flexibility index (Phi) is 4.21. The summed E-state index contributed by atoms with van der Waals surface area (Å²) in [6.45, 7) is 4.18. The van der Waals surface area contributed by atoms with Crippen LogP contribution in [0.25, 0.3) is 10.1 Å². The number of para-hydroxylation sites is 2. The number of hydrogen-bond donors (Lipinski definition) is 2. The second-order valence-electron chi connectivity index (χ2n) is 5.24. The standard InChI is InChI=1S/C18H18N2O2S/c1-3-22-18(21)16-12-9-8-11(2)10-15(12)23-17(16)20-14-7-5-4-6-13(14)19/h4-10,20H,3,19H2,1-2H3. The summed E-state index contributed by atoms with van der Waals surface area (Å²) in [5.41, 5.74) is 9.13. The SMILES string of the molecule is CCOC(=O)c1c(Nc2ccccc2N)sc2cc(C)ccc12. The Balaban J connectivity index is 2.13. The second-order valence-corrected chi connectivity index (χ2v) is 6.29. The summed E-state index contributed by atoms with van der Waals surface area (Å²) in [5, 5.41) is 4.93. The number of fused-ring (bicyclic) bond motifs is 1. The van der Waals surface area contributed by atoms with E-state index >= 15 is 0 Å². The number of carbonyl (C=O) groups is 1. The Bertz CT molecular complexity index is 871. The fourth-order valence-corrected chi connectivity index (χ4v) is 3.63. The molecule has 2 aromatic carbocycles. The third kappa shape index (κ3) is 3.00. The minimum absolute atomic E-state index is 0.320. The number of nitrogen functional groups attached to an aromatic ring is 1. The molecule has 0 fully saturated rings. The molecule has 0 aliphatic rings. The topological polar surface area (TPSA) is 64.3 Å². The van der Waals surface area contributed by atoms with E-state index in [1.807, 2.05) is 43.3 Å². The maximum absolute atomic E-state index is 12.4. The minimum atomic E-state index is -0.320. The highest BCUT2D eigenvalue weighted by molar-refractivity contribution is 7.23. The molecule has 1 aromatic heterocycles. The maximum atomic E-state index is 12.4. The molecule has 0 amide bonds. The van der Waals surface area contributed by atoms with Crippen molar-refractivity contribution < 1.29 is 9.53 Å². The van der Waals surface area contributed by atoms with E-state index in [0.717, 1.165) is 26.3 Å². The van der Waals surface area contributed by atoms with E-state index in [-0.39, 0.29) is 5.97 Å². The predicted molar refractivity (Wildman–Crippen MR) is 96.7 cm³/mol. The van der Waals surface area contributed by atoms with Crippen molar-refractivity contribution in [1.29, 1.82) is 0 Å². The van der Waals surface area contributed by atoms with Crippen LogP contribution in [0.3, 0.4) is 0 Å². The molecule has 0 saturated carbocycles. The Labute approximate surface area is 138 Å². The molecule has 0 unspecified atom stereocenters. The van der Waals surface area contributed by atoms with Crippen LogP contribution >= 0.6 is 11.3 Å². The van der Waals surface area contributed by atoms with Gasteiger partial charge in [0.1, 0.15) is 10.6 Å². The largest absolute Gasteiger partial charge is 0.462 e. The first kappa shape index (κ1) is 15.4. The molecule has 0 atom stereocenters. The number of aryl methyl sites for hydroxylation is 1. The summed E-state index contributed by atoms with van der Waals surface area (Å²) in [6.07, 6.45) is 0. The Hall–Kier alpha value is -2.53. The maximum Gasteiger partial charge on any atom is 0.341 e. The van der Waals surface area contributed by atoms with Crippen LogP contribution in [0, 0.1) is 6.92 Å². The van der Waals surface area contributed by atoms with Gasteiger partial charge in [-0.15, -0.1) is 11.3 Å². The molecule has 0 aliphatic carbocycles. The number of rotatable bonds is 4. The molecule has 5 heteroatoms. The van der Waals surface area contributed by atoms with Crippen LogP contribution < -0.4 is 11.1 Å². The van der Waals surface area contributed by atoms with Gasteiger partial charge in [-0.25, -0.2) is 4.79 Å². The molecule has 4 nitrogen and oxygen atoms in total. The van der Waals surface area contributed by atoms with Gasteiger partial charge in [0, 0.05) is 10.1 Å². The molecular formula is C18H18N2O2S. The van der Waals surface area contributed by atoms with Crippen LogP contribution in [0.5, 0.6) is 0 Å². The van der Waals surface area contributed by atoms with Crippen molar-refractivity contribution in [3.63, 3.8) is 0 Å². The summed E-state index contributed by atoms with van der Waals surface area (Å²) in [7, 11) is 0. The highest BCUT2D eigenvalue weighted by atomic mass is 32.1. The van der Waals surface area contributed by atoms with Crippen molar-refractivity contribution in [2.75, 3.05) is 17.7 Å². The molecule has 0 aliphatic heterocycles. The Morgan fingerprint density at radius 1 is 1.26 bits per heavy atom. The van der Waals surface area contributed by atoms with Crippen molar-refractivity contribution in [3.8, 4) is 0 Å². The lowest BCUT2D eigenvalue weighted by atomic mass is 10.1. The number of nitrogens with two attached hydrogens (primary N) is 1. The summed E-state index contributed by atoms with van der Waals surface area (Å²) in [6, 6.07) is 13.5. The van der Waals surface area contributed by atoms with Crippen LogP contribution in [0.1, 0.15) is 22.8 Å². The first-order valence-electron chi connectivity index (χ1n) is 7.42. The average Bonchev–Trinajstić information content (AvgIpc) is 2.87. The number of thiophene rings is 1. The molecule has 3 N–H and O–H groups in total. The quantitative estimate of drug-likeness (QED) is 0.538. The monoisotopic (exact) mass is 326 g/mol. The van der Waals surface area contributed by atoms with Gasteiger partial charge >= 0.3 is 5.97 Å². The molecule has 0 bridgehead atoms. The number of anilines is 3. The van der Waals surface area contributed by atoms with E-state index in [4.69, 9.17) is 10.5 Å². The van der Waals surface area contributed by atoms with Crippen molar-refractivity contribution in [1.82, 2.24) is 0 Å². The number of ether oxygens (including phenoxy) is 1. The molecule has 3 rings (SSSR count). The van der Waals surface area contributed by atoms with Crippen molar-refractivity contribution in [2.24, 2.45) is 0 Å². The van der Waals surface area contributed by atoms with Crippen molar-refractivity contribution in [2.45, 2.75) is 13.8 Å². The third-order valence-corrected chi connectivity index (χ3v) is 4.60.